The van der Waals surface area contributed by atoms with Crippen LogP contribution in [-0.4, -0.2) is 56.9 Å². The van der Waals surface area contributed by atoms with E-state index in [1.165, 1.54) is 6.92 Å². The van der Waals surface area contributed by atoms with E-state index in [0.29, 0.717) is 29.0 Å². The Kier molecular flexibility index (Phi) is 8.96. The maximum atomic E-state index is 12.3. The van der Waals surface area contributed by atoms with Crippen LogP contribution in [0.5, 0.6) is 5.88 Å². The fraction of sp³-hybridized carbons (Fsp3) is 0.409. The molecule has 0 aliphatic heterocycles. The van der Waals surface area contributed by atoms with Gasteiger partial charge in [0.25, 0.3) is 0 Å². The number of imidazole rings is 1. The van der Waals surface area contributed by atoms with Gasteiger partial charge in [-0.05, 0) is 38.2 Å². The Morgan fingerprint density at radius 3 is 2.56 bits per heavy atom. The Morgan fingerprint density at radius 2 is 1.91 bits per heavy atom. The Hall–Kier alpha value is -2.58. The topological polar surface area (TPSA) is 117 Å². The van der Waals surface area contributed by atoms with Gasteiger partial charge in [0.15, 0.2) is 11.2 Å². The molecule has 3 rings (SSSR count). The van der Waals surface area contributed by atoms with Crippen molar-refractivity contribution in [2.45, 2.75) is 45.8 Å². The highest BCUT2D eigenvalue weighted by molar-refractivity contribution is 14.1. The summed E-state index contributed by atoms with van der Waals surface area (Å²) in [6.07, 6.45) is 1.99. The number of esters is 1. The number of aromatic nitrogens is 4. The van der Waals surface area contributed by atoms with Gasteiger partial charge in [-0.1, -0.05) is 40.8 Å². The first kappa shape index (κ1) is 26.0. The predicted molar refractivity (Wildman–Crippen MR) is 139 cm³/mol. The van der Waals surface area contributed by atoms with Crippen LogP contribution in [-0.2, 0) is 21.0 Å². The molecule has 12 heteroatoms. The van der Waals surface area contributed by atoms with Crippen molar-refractivity contribution in [1.82, 2.24) is 19.5 Å². The molecule has 0 aliphatic carbocycles. The number of hydrogen-bond donors (Lipinski definition) is 1. The number of alkyl halides is 1. The first-order valence-electron chi connectivity index (χ1n) is 10.8. The number of nitrogens with one attached hydrogen (secondary N) is 1. The van der Waals surface area contributed by atoms with Crippen LogP contribution < -0.4 is 9.74 Å². The van der Waals surface area contributed by atoms with Gasteiger partial charge in [-0.3, -0.25) is 10.1 Å². The first-order chi connectivity index (χ1) is 16.2. The molecule has 2 heterocycles. The van der Waals surface area contributed by atoms with E-state index < -0.39 is 8.32 Å². The van der Waals surface area contributed by atoms with Crippen molar-refractivity contribution in [1.29, 1.82) is 0 Å². The fourth-order valence-electron chi connectivity index (χ4n) is 2.97. The van der Waals surface area contributed by atoms with Crippen molar-refractivity contribution in [3.05, 3.63) is 42.2 Å². The Labute approximate surface area is 212 Å². The summed E-state index contributed by atoms with van der Waals surface area (Å²) in [6, 6.07) is 8.85. The SMILES string of the molecule is CC(=O)Nc1nc(O[Si](C)(C)C)c2c(ncn2CO[C@H](CCI)COC(=O)c2ccccc2)n1. The number of hydrogen-bond acceptors (Lipinski definition) is 8. The molecular formula is C22H28IN5O5Si. The van der Waals surface area contributed by atoms with Crippen LogP contribution in [0.4, 0.5) is 5.95 Å². The molecule has 0 fully saturated rings. The fourth-order valence-corrected chi connectivity index (χ4v) is 4.38. The molecule has 10 nitrogen and oxygen atoms in total. The zero-order chi connectivity index (χ0) is 24.7. The first-order valence-corrected chi connectivity index (χ1v) is 15.7. The number of carbonyl (C=O) groups is 2. The number of fused-ring (bicyclic) bond motifs is 1. The van der Waals surface area contributed by atoms with Gasteiger partial charge in [0.05, 0.1) is 18.0 Å². The normalized spacial score (nSPS) is 12.4. The number of nitrogens with zero attached hydrogens (tertiary/aromatic N) is 4. The molecule has 34 heavy (non-hydrogen) atoms. The van der Waals surface area contributed by atoms with Crippen molar-refractivity contribution >= 4 is 59.9 Å². The number of amides is 1. The summed E-state index contributed by atoms with van der Waals surface area (Å²) in [5.74, 6) is -0.196. The third kappa shape index (κ3) is 7.46. The molecule has 2 aromatic heterocycles. The zero-order valence-corrected chi connectivity index (χ0v) is 22.7. The molecule has 0 unspecified atom stereocenters. The number of benzene rings is 1. The zero-order valence-electron chi connectivity index (χ0n) is 19.6. The van der Waals surface area contributed by atoms with Crippen LogP contribution in [0.3, 0.4) is 0 Å². The highest BCUT2D eigenvalue weighted by Gasteiger charge is 2.23. The lowest BCUT2D eigenvalue weighted by Crippen LogP contribution is -2.30. The van der Waals surface area contributed by atoms with Crippen molar-refractivity contribution < 1.29 is 23.5 Å². The molecule has 0 saturated heterocycles. The Balaban J connectivity index is 1.76. The van der Waals surface area contributed by atoms with Gasteiger partial charge in [-0.25, -0.2) is 9.78 Å². The monoisotopic (exact) mass is 597 g/mol. The van der Waals surface area contributed by atoms with E-state index >= 15 is 0 Å². The number of halogens is 1. The lowest BCUT2D eigenvalue weighted by molar-refractivity contribution is -0.114. The van der Waals surface area contributed by atoms with Crippen LogP contribution in [0.1, 0.15) is 23.7 Å². The van der Waals surface area contributed by atoms with Gasteiger partial charge in [0.1, 0.15) is 13.3 Å². The maximum absolute atomic E-state index is 12.3. The van der Waals surface area contributed by atoms with Crippen LogP contribution in [0.15, 0.2) is 36.7 Å². The minimum Gasteiger partial charge on any atom is -0.530 e. The molecule has 0 spiro atoms. The predicted octanol–water partition coefficient (Wildman–Crippen LogP) is 4.02. The van der Waals surface area contributed by atoms with Gasteiger partial charge in [-0.15, -0.1) is 0 Å². The molecule has 3 aromatic rings. The second-order valence-corrected chi connectivity index (χ2v) is 14.0. The standard InChI is InChI=1S/C22H28IN5O5Si/c1-15(29)25-22-26-19-18(20(27-22)33-34(2,3)4)28(13-24-19)14-32-17(10-11-23)12-31-21(30)16-8-6-5-7-9-16/h5-9,13,17H,10-12,14H2,1-4H3,(H,25,26,27,29)/t17-/m1/s1. The maximum Gasteiger partial charge on any atom is 0.338 e. The number of carbonyl (C=O) groups excluding carboxylic acids is 2. The summed E-state index contributed by atoms with van der Waals surface area (Å²) in [5.41, 5.74) is 1.46. The number of rotatable bonds is 11. The van der Waals surface area contributed by atoms with E-state index in [0.717, 1.165) is 4.43 Å². The van der Waals surface area contributed by atoms with Crippen LogP contribution >= 0.6 is 22.6 Å². The van der Waals surface area contributed by atoms with E-state index in [1.807, 2.05) is 25.7 Å². The van der Waals surface area contributed by atoms with Crippen LogP contribution in [0.2, 0.25) is 19.6 Å². The van der Waals surface area contributed by atoms with Crippen LogP contribution in [0.25, 0.3) is 11.2 Å². The summed E-state index contributed by atoms with van der Waals surface area (Å²) >= 11 is 2.26. The Morgan fingerprint density at radius 1 is 1.18 bits per heavy atom. The molecular weight excluding hydrogens is 569 g/mol. The van der Waals surface area contributed by atoms with Gasteiger partial charge in [-0.2, -0.15) is 9.97 Å². The molecule has 1 aromatic carbocycles. The van der Waals surface area contributed by atoms with E-state index in [1.54, 1.807) is 35.2 Å². The highest BCUT2D eigenvalue weighted by Crippen LogP contribution is 2.26. The largest absolute Gasteiger partial charge is 0.530 e. The quantitative estimate of drug-likeness (QED) is 0.153. The third-order valence-electron chi connectivity index (χ3n) is 4.42. The minimum atomic E-state index is -2.03. The van der Waals surface area contributed by atoms with Gasteiger partial charge in [0, 0.05) is 11.4 Å². The molecule has 0 saturated carbocycles. The summed E-state index contributed by atoms with van der Waals surface area (Å²) in [4.78, 5) is 36.8. The van der Waals surface area contributed by atoms with E-state index in [4.69, 9.17) is 13.9 Å². The van der Waals surface area contributed by atoms with E-state index in [9.17, 15) is 9.59 Å². The number of anilines is 1. The molecule has 1 atom stereocenters. The van der Waals surface area contributed by atoms with Gasteiger partial charge >= 0.3 is 5.97 Å². The summed E-state index contributed by atoms with van der Waals surface area (Å²) in [5, 5.41) is 2.58. The van der Waals surface area contributed by atoms with Gasteiger partial charge in [0.2, 0.25) is 26.1 Å². The van der Waals surface area contributed by atoms with E-state index in [2.05, 4.69) is 42.9 Å². The summed E-state index contributed by atoms with van der Waals surface area (Å²) < 4.78 is 20.3. The molecule has 0 radical (unpaired) electrons. The van der Waals surface area contributed by atoms with Crippen molar-refractivity contribution in [2.75, 3.05) is 16.4 Å². The lowest BCUT2D eigenvalue weighted by Gasteiger charge is -2.21. The molecule has 0 bridgehead atoms. The minimum absolute atomic E-state index is 0.130. The number of ether oxygens (including phenoxy) is 2. The molecule has 1 N–H and O–H groups in total. The van der Waals surface area contributed by atoms with Crippen molar-refractivity contribution in [3.63, 3.8) is 0 Å². The second-order valence-electron chi connectivity index (χ2n) is 8.49. The summed E-state index contributed by atoms with van der Waals surface area (Å²) in [7, 11) is -2.03. The van der Waals surface area contributed by atoms with Gasteiger partial charge < -0.3 is 18.5 Å². The lowest BCUT2D eigenvalue weighted by atomic mass is 10.2. The molecule has 182 valence electrons. The second kappa shape index (κ2) is 11.7. The molecule has 1 amide bonds. The highest BCUT2D eigenvalue weighted by atomic mass is 127. The third-order valence-corrected chi connectivity index (χ3v) is 5.85. The van der Waals surface area contributed by atoms with Crippen LogP contribution in [0, 0.1) is 0 Å². The average Bonchev–Trinajstić information content (AvgIpc) is 3.17. The van der Waals surface area contributed by atoms with E-state index in [-0.39, 0.29) is 37.3 Å². The van der Waals surface area contributed by atoms with Crippen molar-refractivity contribution in [2.24, 2.45) is 0 Å². The average molecular weight is 597 g/mol. The molecule has 0 aliphatic rings. The Bertz CT molecular complexity index is 1140. The van der Waals surface area contributed by atoms with Crippen molar-refractivity contribution in [3.8, 4) is 5.88 Å². The summed E-state index contributed by atoms with van der Waals surface area (Å²) in [6.45, 7) is 7.77. The smallest absolute Gasteiger partial charge is 0.338 e.